The molecule has 0 atom stereocenters. The van der Waals surface area contributed by atoms with E-state index in [1.54, 1.807) is 43.3 Å². The van der Waals surface area contributed by atoms with Gasteiger partial charge >= 0.3 is 5.97 Å². The van der Waals surface area contributed by atoms with Crippen molar-refractivity contribution in [3.8, 4) is 0 Å². The minimum absolute atomic E-state index is 0.0795. The van der Waals surface area contributed by atoms with Gasteiger partial charge in [0.1, 0.15) is 5.82 Å². The lowest BCUT2D eigenvalue weighted by Crippen LogP contribution is -2.25. The molecule has 0 N–H and O–H groups in total. The molecule has 0 aliphatic carbocycles. The highest BCUT2D eigenvalue weighted by molar-refractivity contribution is 6.30. The van der Waals surface area contributed by atoms with Gasteiger partial charge in [0.15, 0.2) is 0 Å². The van der Waals surface area contributed by atoms with Gasteiger partial charge < -0.3 is 4.74 Å². The van der Waals surface area contributed by atoms with E-state index in [4.69, 9.17) is 16.3 Å². The van der Waals surface area contributed by atoms with Crippen molar-refractivity contribution in [2.45, 2.75) is 6.92 Å². The molecule has 2 aromatic rings. The quantitative estimate of drug-likeness (QED) is 0.595. The fraction of sp³-hybridized carbons (Fsp3) is 0.100. The summed E-state index contributed by atoms with van der Waals surface area (Å²) < 4.78 is 19.1. The normalized spacial score (nSPS) is 15.8. The lowest BCUT2D eigenvalue weighted by atomic mass is 10.0. The van der Waals surface area contributed by atoms with Crippen molar-refractivity contribution in [3.63, 3.8) is 0 Å². The number of rotatable bonds is 3. The minimum atomic E-state index is -0.657. The number of ether oxygens (including phenoxy) is 1. The number of hydrogen-bond acceptors (Lipinski definition) is 3. The van der Waals surface area contributed by atoms with E-state index in [1.165, 1.54) is 30.2 Å². The van der Waals surface area contributed by atoms with Gasteiger partial charge in [0.25, 0.3) is 5.91 Å². The summed E-state index contributed by atoms with van der Waals surface area (Å²) >= 11 is 5.88. The second-order valence-corrected chi connectivity index (χ2v) is 6.09. The van der Waals surface area contributed by atoms with Crippen LogP contribution in [0, 0.1) is 5.82 Å². The monoisotopic (exact) mass is 371 g/mol. The van der Waals surface area contributed by atoms with Crippen LogP contribution < -0.4 is 4.90 Å². The Balaban J connectivity index is 2.16. The Bertz CT molecular complexity index is 948. The largest absolute Gasteiger partial charge is 0.465 e. The van der Waals surface area contributed by atoms with Crippen LogP contribution in [0.15, 0.2) is 65.4 Å². The average molecular weight is 372 g/mol. The molecule has 132 valence electrons. The van der Waals surface area contributed by atoms with Crippen molar-refractivity contribution in [2.75, 3.05) is 12.0 Å². The number of amides is 1. The molecule has 6 heteroatoms. The van der Waals surface area contributed by atoms with E-state index in [-0.39, 0.29) is 16.8 Å². The smallest absolute Gasteiger partial charge is 0.340 e. The number of para-hydroxylation sites is 1. The van der Waals surface area contributed by atoms with Crippen molar-refractivity contribution in [1.29, 1.82) is 0 Å². The summed E-state index contributed by atoms with van der Waals surface area (Å²) in [6.07, 6.45) is 1.56. The first kappa shape index (κ1) is 17.9. The molecule has 3 rings (SSSR count). The van der Waals surface area contributed by atoms with Gasteiger partial charge in [-0.05, 0) is 42.8 Å². The van der Waals surface area contributed by atoms with Crippen molar-refractivity contribution < 1.29 is 18.7 Å². The fourth-order valence-corrected chi connectivity index (χ4v) is 2.95. The zero-order chi connectivity index (χ0) is 18.8. The number of carbonyl (C=O) groups is 2. The maximum Gasteiger partial charge on any atom is 0.340 e. The number of esters is 1. The predicted molar refractivity (Wildman–Crippen MR) is 98.0 cm³/mol. The van der Waals surface area contributed by atoms with Gasteiger partial charge in [0.05, 0.1) is 23.9 Å². The zero-order valence-electron chi connectivity index (χ0n) is 14.1. The maximum atomic E-state index is 14.2. The molecule has 0 aromatic heterocycles. The van der Waals surface area contributed by atoms with Crippen LogP contribution in [-0.4, -0.2) is 19.0 Å². The number of nitrogens with zero attached hydrogens (tertiary/aromatic N) is 1. The van der Waals surface area contributed by atoms with Crippen molar-refractivity contribution in [3.05, 3.63) is 81.8 Å². The molecule has 1 aliphatic rings. The SMILES string of the molecule is COC(=O)C1=C(C)N(c2ccccc2F)C(=O)C1=Cc1ccc(Cl)cc1. The number of carbonyl (C=O) groups excluding carboxylic acids is 2. The van der Waals surface area contributed by atoms with Crippen molar-refractivity contribution in [1.82, 2.24) is 0 Å². The second-order valence-electron chi connectivity index (χ2n) is 5.65. The molecule has 0 saturated carbocycles. The van der Waals surface area contributed by atoms with E-state index >= 15 is 0 Å². The van der Waals surface area contributed by atoms with Gasteiger partial charge in [-0.15, -0.1) is 0 Å². The number of benzene rings is 2. The van der Waals surface area contributed by atoms with E-state index < -0.39 is 17.7 Å². The lowest BCUT2D eigenvalue weighted by molar-refractivity contribution is -0.136. The summed E-state index contributed by atoms with van der Waals surface area (Å²) in [5.74, 6) is -1.71. The van der Waals surface area contributed by atoms with E-state index in [1.807, 2.05) is 0 Å². The minimum Gasteiger partial charge on any atom is -0.465 e. The first-order valence-electron chi connectivity index (χ1n) is 7.80. The molecule has 4 nitrogen and oxygen atoms in total. The molecule has 0 bridgehead atoms. The molecular weight excluding hydrogens is 357 g/mol. The Labute approximate surface area is 155 Å². The lowest BCUT2D eigenvalue weighted by Gasteiger charge is -2.18. The summed E-state index contributed by atoms with van der Waals surface area (Å²) in [7, 11) is 1.23. The molecule has 0 unspecified atom stereocenters. The Kier molecular flexibility index (Phi) is 4.91. The number of allylic oxidation sites excluding steroid dienone is 1. The van der Waals surface area contributed by atoms with Gasteiger partial charge in [0.2, 0.25) is 0 Å². The standard InChI is InChI=1S/C20H15ClFNO3/c1-12-18(20(25)26-2)15(11-13-7-9-14(21)10-8-13)19(24)23(12)17-6-4-3-5-16(17)22/h3-11H,1-2H3. The summed E-state index contributed by atoms with van der Waals surface area (Å²) in [4.78, 5) is 26.4. The highest BCUT2D eigenvalue weighted by Gasteiger charge is 2.38. The topological polar surface area (TPSA) is 46.6 Å². The van der Waals surface area contributed by atoms with E-state index in [0.717, 1.165) is 0 Å². The summed E-state index contributed by atoms with van der Waals surface area (Å²) in [5.41, 5.74) is 1.32. The summed E-state index contributed by atoms with van der Waals surface area (Å²) in [6, 6.07) is 12.7. The molecule has 0 spiro atoms. The predicted octanol–water partition coefficient (Wildman–Crippen LogP) is 4.36. The third-order valence-corrected chi connectivity index (χ3v) is 4.32. The number of anilines is 1. The van der Waals surface area contributed by atoms with Crippen LogP contribution in [0.5, 0.6) is 0 Å². The van der Waals surface area contributed by atoms with Gasteiger partial charge in [-0.1, -0.05) is 35.9 Å². The van der Waals surface area contributed by atoms with E-state index in [9.17, 15) is 14.0 Å². The first-order chi connectivity index (χ1) is 12.4. The molecule has 2 aromatic carbocycles. The van der Waals surface area contributed by atoms with Crippen LogP contribution in [0.2, 0.25) is 5.02 Å². The molecule has 26 heavy (non-hydrogen) atoms. The summed E-state index contributed by atoms with van der Waals surface area (Å²) in [6.45, 7) is 1.58. The third kappa shape index (κ3) is 3.13. The van der Waals surface area contributed by atoms with Crippen molar-refractivity contribution in [2.24, 2.45) is 0 Å². The Morgan fingerprint density at radius 2 is 1.81 bits per heavy atom. The number of methoxy groups -OCH3 is 1. The molecule has 1 heterocycles. The van der Waals surface area contributed by atoms with Crippen LogP contribution in [0.4, 0.5) is 10.1 Å². The molecule has 1 aliphatic heterocycles. The maximum absolute atomic E-state index is 14.2. The number of halogens is 2. The van der Waals surface area contributed by atoms with Gasteiger partial charge in [-0.2, -0.15) is 0 Å². The van der Waals surface area contributed by atoms with Crippen LogP contribution in [-0.2, 0) is 14.3 Å². The number of hydrogen-bond donors (Lipinski definition) is 0. The molecular formula is C20H15ClFNO3. The van der Waals surface area contributed by atoms with Crippen LogP contribution in [0.25, 0.3) is 6.08 Å². The summed E-state index contributed by atoms with van der Waals surface area (Å²) in [5, 5.41) is 0.554. The molecule has 0 fully saturated rings. The Morgan fingerprint density at radius 1 is 1.15 bits per heavy atom. The van der Waals surface area contributed by atoms with Gasteiger partial charge in [0, 0.05) is 10.7 Å². The highest BCUT2D eigenvalue weighted by atomic mass is 35.5. The first-order valence-corrected chi connectivity index (χ1v) is 8.17. The third-order valence-electron chi connectivity index (χ3n) is 4.06. The second kappa shape index (κ2) is 7.14. The fourth-order valence-electron chi connectivity index (χ4n) is 2.83. The van der Waals surface area contributed by atoms with Gasteiger partial charge in [-0.3, -0.25) is 9.69 Å². The zero-order valence-corrected chi connectivity index (χ0v) is 14.9. The van der Waals surface area contributed by atoms with Crippen molar-refractivity contribution >= 4 is 35.2 Å². The van der Waals surface area contributed by atoms with Gasteiger partial charge in [-0.25, -0.2) is 9.18 Å². The average Bonchev–Trinajstić information content (AvgIpc) is 2.87. The Hall–Kier alpha value is -2.92. The van der Waals surface area contributed by atoms with Crippen LogP contribution in [0.1, 0.15) is 12.5 Å². The molecule has 0 saturated heterocycles. The highest BCUT2D eigenvalue weighted by Crippen LogP contribution is 2.36. The van der Waals surface area contributed by atoms with E-state index in [2.05, 4.69) is 0 Å². The van der Waals surface area contributed by atoms with Crippen LogP contribution in [0.3, 0.4) is 0 Å². The molecule has 0 radical (unpaired) electrons. The Morgan fingerprint density at radius 3 is 2.42 bits per heavy atom. The van der Waals surface area contributed by atoms with Crippen LogP contribution >= 0.6 is 11.6 Å². The van der Waals surface area contributed by atoms with E-state index in [0.29, 0.717) is 16.3 Å². The molecule has 1 amide bonds.